The largest absolute Gasteiger partial charge is 0.490 e. The van der Waals surface area contributed by atoms with Gasteiger partial charge in [-0.2, -0.15) is 0 Å². The predicted octanol–water partition coefficient (Wildman–Crippen LogP) is 3.30. The Morgan fingerprint density at radius 3 is 2.95 bits per heavy atom. The molecule has 0 aliphatic carbocycles. The minimum absolute atomic E-state index is 0.270. The van der Waals surface area contributed by atoms with Crippen LogP contribution in [0.4, 0.5) is 0 Å². The number of hydrogen-bond donors (Lipinski definition) is 1. The molecule has 1 fully saturated rings. The van der Waals surface area contributed by atoms with Gasteiger partial charge in [-0.1, -0.05) is 32.0 Å². The van der Waals surface area contributed by atoms with Gasteiger partial charge in [-0.25, -0.2) is 0 Å². The first-order valence-electron chi connectivity index (χ1n) is 7.70. The Hall–Kier alpha value is -1.06. The Bertz CT molecular complexity index is 411. The van der Waals surface area contributed by atoms with Crippen molar-refractivity contribution in [1.82, 2.24) is 5.32 Å². The molecule has 1 saturated heterocycles. The minimum Gasteiger partial charge on any atom is -0.490 e. The van der Waals surface area contributed by atoms with Crippen LogP contribution in [0, 0.1) is 12.8 Å². The first-order chi connectivity index (χ1) is 9.66. The summed E-state index contributed by atoms with van der Waals surface area (Å²) in [6.07, 6.45) is 2.54. The Morgan fingerprint density at radius 1 is 1.40 bits per heavy atom. The van der Waals surface area contributed by atoms with Gasteiger partial charge in [-0.15, -0.1) is 0 Å². The number of para-hydroxylation sites is 1. The van der Waals surface area contributed by atoms with E-state index in [0.717, 1.165) is 38.3 Å². The summed E-state index contributed by atoms with van der Waals surface area (Å²) in [5.41, 5.74) is 2.44. The lowest BCUT2D eigenvalue weighted by molar-refractivity contribution is 0.0673. The predicted molar refractivity (Wildman–Crippen MR) is 82.2 cm³/mol. The molecule has 1 aromatic carbocycles. The highest BCUT2D eigenvalue weighted by molar-refractivity contribution is 5.40. The first-order valence-corrected chi connectivity index (χ1v) is 7.70. The van der Waals surface area contributed by atoms with Gasteiger partial charge in [-0.3, -0.25) is 0 Å². The zero-order chi connectivity index (χ0) is 14.4. The van der Waals surface area contributed by atoms with Crippen LogP contribution >= 0.6 is 0 Å². The highest BCUT2D eigenvalue weighted by Crippen LogP contribution is 2.24. The number of benzene rings is 1. The molecule has 0 spiro atoms. The van der Waals surface area contributed by atoms with Gasteiger partial charge in [0, 0.05) is 18.7 Å². The normalized spacial score (nSPS) is 18.7. The van der Waals surface area contributed by atoms with Crippen molar-refractivity contribution in [3.05, 3.63) is 29.3 Å². The third-order valence-electron chi connectivity index (χ3n) is 3.60. The maximum Gasteiger partial charge on any atom is 0.126 e. The number of rotatable bonds is 7. The molecule has 0 saturated carbocycles. The minimum atomic E-state index is 0.270. The molecule has 0 radical (unpaired) electrons. The Balaban J connectivity index is 1.94. The fourth-order valence-electron chi connectivity index (χ4n) is 2.51. The molecule has 112 valence electrons. The van der Waals surface area contributed by atoms with Gasteiger partial charge < -0.3 is 14.8 Å². The van der Waals surface area contributed by atoms with Crippen molar-refractivity contribution >= 4 is 0 Å². The molecular formula is C17H27NO2. The van der Waals surface area contributed by atoms with Gasteiger partial charge in [-0.05, 0) is 37.8 Å². The van der Waals surface area contributed by atoms with Gasteiger partial charge in [0.1, 0.15) is 12.4 Å². The fourth-order valence-corrected chi connectivity index (χ4v) is 2.51. The standard InChI is InChI=1S/C17H27NO2/c1-13(2)10-18-11-15-7-4-6-14(3)17(15)20-12-16-8-5-9-19-16/h4,6-7,13,16,18H,5,8-12H2,1-3H3. The van der Waals surface area contributed by atoms with E-state index >= 15 is 0 Å². The van der Waals surface area contributed by atoms with E-state index in [1.165, 1.54) is 11.1 Å². The number of ether oxygens (including phenoxy) is 2. The zero-order valence-electron chi connectivity index (χ0n) is 12.9. The van der Waals surface area contributed by atoms with Crippen LogP contribution in [0.3, 0.4) is 0 Å². The lowest BCUT2D eigenvalue weighted by Gasteiger charge is -2.17. The summed E-state index contributed by atoms with van der Waals surface area (Å²) < 4.78 is 11.7. The molecule has 0 aromatic heterocycles. The lowest BCUT2D eigenvalue weighted by atomic mass is 10.1. The second-order valence-corrected chi connectivity index (χ2v) is 6.03. The Morgan fingerprint density at radius 2 is 2.25 bits per heavy atom. The van der Waals surface area contributed by atoms with Crippen LogP contribution in [-0.4, -0.2) is 25.9 Å². The molecule has 1 N–H and O–H groups in total. The van der Waals surface area contributed by atoms with E-state index in [0.29, 0.717) is 12.5 Å². The number of aryl methyl sites for hydroxylation is 1. The van der Waals surface area contributed by atoms with E-state index in [9.17, 15) is 0 Å². The van der Waals surface area contributed by atoms with E-state index in [1.807, 2.05) is 0 Å². The summed E-state index contributed by atoms with van der Waals surface area (Å²) in [6, 6.07) is 6.35. The third kappa shape index (κ3) is 4.50. The molecule has 3 heteroatoms. The van der Waals surface area contributed by atoms with Crippen LogP contribution in [0.25, 0.3) is 0 Å². The van der Waals surface area contributed by atoms with Crippen LogP contribution in [0.5, 0.6) is 5.75 Å². The van der Waals surface area contributed by atoms with Crippen LogP contribution in [0.15, 0.2) is 18.2 Å². The Kier molecular flexibility index (Phi) is 5.86. The zero-order valence-corrected chi connectivity index (χ0v) is 12.9. The van der Waals surface area contributed by atoms with Crippen molar-refractivity contribution in [1.29, 1.82) is 0 Å². The number of hydrogen-bond acceptors (Lipinski definition) is 3. The average Bonchev–Trinajstić information content (AvgIpc) is 2.90. The maximum atomic E-state index is 6.04. The van der Waals surface area contributed by atoms with Gasteiger partial charge in [0.25, 0.3) is 0 Å². The van der Waals surface area contributed by atoms with Gasteiger partial charge in [0.2, 0.25) is 0 Å². The van der Waals surface area contributed by atoms with Gasteiger partial charge >= 0.3 is 0 Å². The molecule has 0 bridgehead atoms. The van der Waals surface area contributed by atoms with Crippen molar-refractivity contribution in [2.24, 2.45) is 5.92 Å². The van der Waals surface area contributed by atoms with Crippen LogP contribution < -0.4 is 10.1 Å². The second kappa shape index (κ2) is 7.65. The van der Waals surface area contributed by atoms with Crippen molar-refractivity contribution in [2.75, 3.05) is 19.8 Å². The summed E-state index contributed by atoms with van der Waals surface area (Å²) in [5, 5.41) is 3.49. The topological polar surface area (TPSA) is 30.5 Å². The molecule has 1 aliphatic heterocycles. The third-order valence-corrected chi connectivity index (χ3v) is 3.60. The molecular weight excluding hydrogens is 250 g/mol. The van der Waals surface area contributed by atoms with Crippen molar-refractivity contribution < 1.29 is 9.47 Å². The van der Waals surface area contributed by atoms with Crippen molar-refractivity contribution in [2.45, 2.75) is 46.3 Å². The summed E-state index contributed by atoms with van der Waals surface area (Å²) in [6.45, 7) is 9.99. The van der Waals surface area contributed by atoms with Crippen molar-refractivity contribution in [3.8, 4) is 5.75 Å². The van der Waals surface area contributed by atoms with Gasteiger partial charge in [0.15, 0.2) is 0 Å². The summed E-state index contributed by atoms with van der Waals surface area (Å²) in [5.74, 6) is 1.69. The molecule has 1 unspecified atom stereocenters. The van der Waals surface area contributed by atoms with Gasteiger partial charge in [0.05, 0.1) is 6.10 Å². The molecule has 20 heavy (non-hydrogen) atoms. The molecule has 1 aliphatic rings. The van der Waals surface area contributed by atoms with E-state index in [-0.39, 0.29) is 6.10 Å². The molecule has 3 nitrogen and oxygen atoms in total. The van der Waals surface area contributed by atoms with E-state index in [1.54, 1.807) is 0 Å². The van der Waals surface area contributed by atoms with Crippen LogP contribution in [0.2, 0.25) is 0 Å². The van der Waals surface area contributed by atoms with E-state index < -0.39 is 0 Å². The second-order valence-electron chi connectivity index (χ2n) is 6.03. The molecule has 1 heterocycles. The van der Waals surface area contributed by atoms with Crippen molar-refractivity contribution in [3.63, 3.8) is 0 Å². The monoisotopic (exact) mass is 277 g/mol. The number of nitrogens with one attached hydrogen (secondary N) is 1. The molecule has 1 aromatic rings. The summed E-state index contributed by atoms with van der Waals surface area (Å²) in [4.78, 5) is 0. The first kappa shape index (κ1) is 15.3. The van der Waals surface area contributed by atoms with E-state index in [2.05, 4.69) is 44.3 Å². The quantitative estimate of drug-likeness (QED) is 0.829. The van der Waals surface area contributed by atoms with Crippen LogP contribution in [0.1, 0.15) is 37.8 Å². The summed E-state index contributed by atoms with van der Waals surface area (Å²) in [7, 11) is 0. The Labute approximate surface area is 122 Å². The highest BCUT2D eigenvalue weighted by Gasteiger charge is 2.17. The maximum absolute atomic E-state index is 6.04. The SMILES string of the molecule is Cc1cccc(CNCC(C)C)c1OCC1CCCO1. The fraction of sp³-hybridized carbons (Fsp3) is 0.647. The highest BCUT2D eigenvalue weighted by atomic mass is 16.5. The summed E-state index contributed by atoms with van der Waals surface area (Å²) >= 11 is 0. The molecule has 2 rings (SSSR count). The molecule has 0 amide bonds. The lowest BCUT2D eigenvalue weighted by Crippen LogP contribution is -2.21. The smallest absolute Gasteiger partial charge is 0.126 e. The van der Waals surface area contributed by atoms with Crippen LogP contribution in [-0.2, 0) is 11.3 Å². The van der Waals surface area contributed by atoms with E-state index in [4.69, 9.17) is 9.47 Å². The average molecular weight is 277 g/mol. The molecule has 1 atom stereocenters.